The summed E-state index contributed by atoms with van der Waals surface area (Å²) in [5.74, 6) is -0.844. The average molecular weight is 258 g/mol. The Hall–Kier alpha value is -1.14. The topological polar surface area (TPSA) is 98.7 Å². The molecule has 1 fully saturated rings. The third-order valence-electron chi connectivity index (χ3n) is 3.23. The minimum Gasteiger partial charge on any atom is -0.480 e. The quantitative estimate of drug-likeness (QED) is 0.503. The van der Waals surface area contributed by atoms with Crippen LogP contribution in [0, 0.1) is 5.92 Å². The standard InChI is InChI=1S/C12H22N2O4/c15-7-5-10(12(17)18)14-11(16)4-3-9-2-1-6-13-8-9/h9-10,13,15H,1-8H2,(H,14,16)(H,17,18). The smallest absolute Gasteiger partial charge is 0.326 e. The Labute approximate surface area is 107 Å². The molecule has 0 bridgehead atoms. The van der Waals surface area contributed by atoms with Crippen LogP contribution >= 0.6 is 0 Å². The first-order valence-corrected chi connectivity index (χ1v) is 6.47. The van der Waals surface area contributed by atoms with E-state index in [1.165, 1.54) is 0 Å². The van der Waals surface area contributed by atoms with Crippen molar-refractivity contribution in [2.75, 3.05) is 19.7 Å². The average Bonchev–Trinajstić information content (AvgIpc) is 2.37. The van der Waals surface area contributed by atoms with E-state index < -0.39 is 12.0 Å². The summed E-state index contributed by atoms with van der Waals surface area (Å²) in [5, 5.41) is 23.3. The molecule has 0 aliphatic carbocycles. The number of aliphatic hydroxyl groups is 1. The number of hydrogen-bond acceptors (Lipinski definition) is 4. The maximum absolute atomic E-state index is 11.6. The van der Waals surface area contributed by atoms with Gasteiger partial charge in [-0.25, -0.2) is 4.79 Å². The van der Waals surface area contributed by atoms with Gasteiger partial charge in [-0.1, -0.05) is 0 Å². The minimum atomic E-state index is -1.10. The van der Waals surface area contributed by atoms with Crippen molar-refractivity contribution < 1.29 is 19.8 Å². The molecule has 1 rings (SSSR count). The number of piperidine rings is 1. The zero-order valence-corrected chi connectivity index (χ0v) is 10.5. The van der Waals surface area contributed by atoms with E-state index in [1.54, 1.807) is 0 Å². The van der Waals surface area contributed by atoms with Crippen LogP contribution < -0.4 is 10.6 Å². The van der Waals surface area contributed by atoms with E-state index in [9.17, 15) is 9.59 Å². The maximum atomic E-state index is 11.6. The highest BCUT2D eigenvalue weighted by Gasteiger charge is 2.20. The molecule has 0 aromatic heterocycles. The number of carboxylic acids is 1. The highest BCUT2D eigenvalue weighted by atomic mass is 16.4. The predicted octanol–water partition coefficient (Wildman–Crippen LogP) is -0.282. The van der Waals surface area contributed by atoms with Gasteiger partial charge in [-0.2, -0.15) is 0 Å². The van der Waals surface area contributed by atoms with Crippen LogP contribution in [0.5, 0.6) is 0 Å². The fourth-order valence-corrected chi connectivity index (χ4v) is 2.16. The van der Waals surface area contributed by atoms with Crippen LogP contribution in [-0.2, 0) is 9.59 Å². The summed E-state index contributed by atoms with van der Waals surface area (Å²) in [6, 6.07) is -0.980. The van der Waals surface area contributed by atoms with Gasteiger partial charge in [0.15, 0.2) is 0 Å². The molecule has 0 aromatic rings. The minimum absolute atomic E-state index is 0.0477. The Kier molecular flexibility index (Phi) is 6.67. The molecule has 1 saturated heterocycles. The normalized spacial score (nSPS) is 21.3. The number of aliphatic hydroxyl groups excluding tert-OH is 1. The van der Waals surface area contributed by atoms with Crippen molar-refractivity contribution in [3.8, 4) is 0 Å². The van der Waals surface area contributed by atoms with Gasteiger partial charge in [-0.3, -0.25) is 4.79 Å². The van der Waals surface area contributed by atoms with Gasteiger partial charge >= 0.3 is 5.97 Å². The molecule has 4 N–H and O–H groups in total. The lowest BCUT2D eigenvalue weighted by Crippen LogP contribution is -2.41. The van der Waals surface area contributed by atoms with Crippen LogP contribution in [-0.4, -0.2) is 47.8 Å². The highest BCUT2D eigenvalue weighted by molar-refractivity contribution is 5.83. The summed E-state index contributed by atoms with van der Waals surface area (Å²) >= 11 is 0. The second kappa shape index (κ2) is 8.05. The lowest BCUT2D eigenvalue weighted by atomic mass is 9.94. The third-order valence-corrected chi connectivity index (χ3v) is 3.23. The summed E-state index contributed by atoms with van der Waals surface area (Å²) in [6.45, 7) is 1.73. The number of hydrogen-bond donors (Lipinski definition) is 4. The predicted molar refractivity (Wildman–Crippen MR) is 66.1 cm³/mol. The van der Waals surface area contributed by atoms with Crippen molar-refractivity contribution in [2.24, 2.45) is 5.92 Å². The molecular weight excluding hydrogens is 236 g/mol. The summed E-state index contributed by atoms with van der Waals surface area (Å²) in [7, 11) is 0. The van der Waals surface area contributed by atoms with E-state index in [-0.39, 0.29) is 18.9 Å². The second-order valence-electron chi connectivity index (χ2n) is 4.72. The molecule has 1 aliphatic rings. The Morgan fingerprint density at radius 3 is 2.78 bits per heavy atom. The van der Waals surface area contributed by atoms with Crippen LogP contribution in [0.25, 0.3) is 0 Å². The molecule has 1 aliphatic heterocycles. The van der Waals surface area contributed by atoms with Crippen LogP contribution in [0.4, 0.5) is 0 Å². The molecule has 104 valence electrons. The summed E-state index contributed by atoms with van der Waals surface area (Å²) in [6.07, 6.45) is 3.44. The molecule has 18 heavy (non-hydrogen) atoms. The fourth-order valence-electron chi connectivity index (χ4n) is 2.16. The van der Waals surface area contributed by atoms with Gasteiger partial charge in [0.2, 0.25) is 5.91 Å². The fraction of sp³-hybridized carbons (Fsp3) is 0.833. The molecule has 6 heteroatoms. The Morgan fingerprint density at radius 2 is 2.22 bits per heavy atom. The van der Waals surface area contributed by atoms with Gasteiger partial charge in [-0.15, -0.1) is 0 Å². The molecule has 2 unspecified atom stereocenters. The van der Waals surface area contributed by atoms with Crippen LogP contribution in [0.1, 0.15) is 32.1 Å². The van der Waals surface area contributed by atoms with E-state index in [0.717, 1.165) is 32.4 Å². The van der Waals surface area contributed by atoms with Gasteiger partial charge in [-0.05, 0) is 38.3 Å². The summed E-state index contributed by atoms with van der Waals surface area (Å²) in [4.78, 5) is 22.4. The number of carbonyl (C=O) groups excluding carboxylic acids is 1. The van der Waals surface area contributed by atoms with E-state index in [0.29, 0.717) is 12.3 Å². The Balaban J connectivity index is 2.24. The van der Waals surface area contributed by atoms with E-state index in [4.69, 9.17) is 10.2 Å². The zero-order valence-electron chi connectivity index (χ0n) is 10.5. The van der Waals surface area contributed by atoms with E-state index in [1.807, 2.05) is 0 Å². The molecule has 6 nitrogen and oxygen atoms in total. The largest absolute Gasteiger partial charge is 0.480 e. The molecule has 0 radical (unpaired) electrons. The van der Waals surface area contributed by atoms with Gasteiger partial charge < -0.3 is 20.8 Å². The Bertz CT molecular complexity index is 277. The molecule has 0 aromatic carbocycles. The first-order valence-electron chi connectivity index (χ1n) is 6.47. The van der Waals surface area contributed by atoms with Crippen molar-refractivity contribution >= 4 is 11.9 Å². The molecule has 2 atom stereocenters. The molecule has 1 amide bonds. The number of amides is 1. The van der Waals surface area contributed by atoms with Crippen molar-refractivity contribution in [3.05, 3.63) is 0 Å². The number of carbonyl (C=O) groups is 2. The number of nitrogens with one attached hydrogen (secondary N) is 2. The van der Waals surface area contributed by atoms with Gasteiger partial charge in [0.25, 0.3) is 0 Å². The summed E-state index contributed by atoms with van der Waals surface area (Å²) in [5.41, 5.74) is 0. The molecule has 1 heterocycles. The van der Waals surface area contributed by atoms with Gasteiger partial charge in [0.05, 0.1) is 0 Å². The van der Waals surface area contributed by atoms with Crippen molar-refractivity contribution in [2.45, 2.75) is 38.1 Å². The van der Waals surface area contributed by atoms with E-state index >= 15 is 0 Å². The first-order chi connectivity index (χ1) is 8.63. The molecule has 0 spiro atoms. The van der Waals surface area contributed by atoms with Gasteiger partial charge in [0.1, 0.15) is 6.04 Å². The molecular formula is C12H22N2O4. The second-order valence-corrected chi connectivity index (χ2v) is 4.72. The number of carboxylic acid groups (broad SMARTS) is 1. The van der Waals surface area contributed by atoms with Crippen LogP contribution in [0.15, 0.2) is 0 Å². The SMILES string of the molecule is O=C(CCC1CCCNC1)NC(CCO)C(=O)O. The van der Waals surface area contributed by atoms with Gasteiger partial charge in [0, 0.05) is 19.4 Å². The lowest BCUT2D eigenvalue weighted by Gasteiger charge is -2.22. The van der Waals surface area contributed by atoms with Crippen LogP contribution in [0.2, 0.25) is 0 Å². The van der Waals surface area contributed by atoms with Crippen LogP contribution in [0.3, 0.4) is 0 Å². The van der Waals surface area contributed by atoms with Crippen molar-refractivity contribution in [1.29, 1.82) is 0 Å². The van der Waals surface area contributed by atoms with E-state index in [2.05, 4.69) is 10.6 Å². The monoisotopic (exact) mass is 258 g/mol. The Morgan fingerprint density at radius 1 is 1.44 bits per heavy atom. The third kappa shape index (κ3) is 5.46. The number of aliphatic carboxylic acids is 1. The summed E-state index contributed by atoms with van der Waals surface area (Å²) < 4.78 is 0. The lowest BCUT2D eigenvalue weighted by molar-refractivity contribution is -0.142. The molecule has 0 saturated carbocycles. The van der Waals surface area contributed by atoms with Crippen molar-refractivity contribution in [3.63, 3.8) is 0 Å². The first kappa shape index (κ1) is 14.9. The number of rotatable bonds is 7. The maximum Gasteiger partial charge on any atom is 0.326 e. The van der Waals surface area contributed by atoms with Crippen molar-refractivity contribution in [1.82, 2.24) is 10.6 Å². The zero-order chi connectivity index (χ0) is 13.4. The highest BCUT2D eigenvalue weighted by Crippen LogP contribution is 2.15.